The van der Waals surface area contributed by atoms with E-state index in [0.29, 0.717) is 38.8 Å². The minimum atomic E-state index is -3.96. The number of aliphatic carboxylic acids is 1. The van der Waals surface area contributed by atoms with Gasteiger partial charge in [-0.2, -0.15) is 0 Å². The Kier molecular flexibility index (Phi) is 10.5. The molecule has 4 N–H and O–H groups in total. The molecule has 0 aliphatic carbocycles. The molecule has 0 spiro atoms. The highest BCUT2D eigenvalue weighted by Crippen LogP contribution is 2.47. The first-order valence-electron chi connectivity index (χ1n) is 9.95. The number of carboxylic acid groups (broad SMARTS) is 1. The molecule has 9 heteroatoms. The topological polar surface area (TPSA) is 130 Å². The van der Waals surface area contributed by atoms with Gasteiger partial charge in [-0.3, -0.25) is 13.9 Å². The maximum absolute atomic E-state index is 12.9. The van der Waals surface area contributed by atoms with Crippen LogP contribution >= 0.6 is 7.60 Å². The van der Waals surface area contributed by atoms with Crippen LogP contribution in [0, 0.1) is 5.92 Å². The molecule has 1 fully saturated rings. The Morgan fingerprint density at radius 1 is 1.30 bits per heavy atom. The van der Waals surface area contributed by atoms with Gasteiger partial charge in [-0.15, -0.1) is 0 Å². The van der Waals surface area contributed by atoms with Crippen molar-refractivity contribution in [1.82, 2.24) is 4.90 Å². The summed E-state index contributed by atoms with van der Waals surface area (Å²) in [5.74, 6) is -1.55. The van der Waals surface area contributed by atoms with Crippen molar-refractivity contribution in [3.05, 3.63) is 0 Å². The Balaban J connectivity index is 2.81. The fraction of sp³-hybridized carbons (Fsp3) is 0.889. The van der Waals surface area contributed by atoms with Crippen molar-refractivity contribution in [2.45, 2.75) is 77.4 Å². The number of hydrogen-bond acceptors (Lipinski definition) is 5. The zero-order valence-corrected chi connectivity index (χ0v) is 17.4. The maximum atomic E-state index is 12.9. The van der Waals surface area contributed by atoms with Gasteiger partial charge in [-0.1, -0.05) is 33.1 Å². The molecule has 1 aliphatic rings. The first kappa shape index (κ1) is 24.1. The molecule has 1 heterocycles. The first-order chi connectivity index (χ1) is 12.7. The van der Waals surface area contributed by atoms with Crippen molar-refractivity contribution >= 4 is 19.5 Å². The second-order valence-electron chi connectivity index (χ2n) is 7.47. The van der Waals surface area contributed by atoms with E-state index in [1.807, 2.05) is 6.92 Å². The Morgan fingerprint density at radius 2 is 2.00 bits per heavy atom. The molecule has 1 rings (SSSR count). The van der Waals surface area contributed by atoms with E-state index in [9.17, 15) is 24.2 Å². The van der Waals surface area contributed by atoms with Gasteiger partial charge < -0.3 is 20.6 Å². The van der Waals surface area contributed by atoms with Crippen LogP contribution in [0.15, 0.2) is 0 Å². The summed E-state index contributed by atoms with van der Waals surface area (Å²) < 4.78 is 18.0. The van der Waals surface area contributed by atoms with Crippen molar-refractivity contribution in [3.63, 3.8) is 0 Å². The first-order valence-corrected chi connectivity index (χ1v) is 11.7. The lowest BCUT2D eigenvalue weighted by Crippen LogP contribution is -2.46. The summed E-state index contributed by atoms with van der Waals surface area (Å²) >= 11 is 0. The van der Waals surface area contributed by atoms with Crippen LogP contribution in [0.1, 0.15) is 65.2 Å². The fourth-order valence-corrected chi connectivity index (χ4v) is 5.10. The second-order valence-corrected chi connectivity index (χ2v) is 9.32. The molecule has 0 aromatic rings. The Morgan fingerprint density at radius 3 is 2.59 bits per heavy atom. The third-order valence-electron chi connectivity index (χ3n) is 4.90. The summed E-state index contributed by atoms with van der Waals surface area (Å²) in [4.78, 5) is 35.8. The van der Waals surface area contributed by atoms with E-state index in [-0.39, 0.29) is 18.5 Å². The molecule has 0 aromatic heterocycles. The van der Waals surface area contributed by atoms with E-state index in [1.54, 1.807) is 0 Å². The number of nitrogens with zero attached hydrogens (tertiary/aromatic N) is 1. The number of rotatable bonds is 13. The molecule has 0 aromatic carbocycles. The Bertz CT molecular complexity index is 530. The molecule has 0 bridgehead atoms. The molecular formula is C18H35N2O6P. The Labute approximate surface area is 162 Å². The summed E-state index contributed by atoms with van der Waals surface area (Å²) in [7, 11) is -3.96. The molecule has 1 amide bonds. The minimum absolute atomic E-state index is 0.00394. The Hall–Kier alpha value is -0.950. The summed E-state index contributed by atoms with van der Waals surface area (Å²) in [6, 6.07) is -0.889. The van der Waals surface area contributed by atoms with Gasteiger partial charge in [0.2, 0.25) is 0 Å². The number of carbonyl (C=O) groups excluding carboxylic acids is 1. The molecule has 1 aliphatic heterocycles. The molecular weight excluding hydrogens is 371 g/mol. The number of carbonyl (C=O) groups is 2. The molecule has 1 saturated heterocycles. The highest BCUT2D eigenvalue weighted by Gasteiger charge is 2.39. The molecule has 2 unspecified atom stereocenters. The number of unbranched alkanes of at least 4 members (excludes halogenated alkanes) is 2. The summed E-state index contributed by atoms with van der Waals surface area (Å²) in [5, 5.41) is 9.31. The molecule has 158 valence electrons. The number of amides is 1. The molecule has 27 heavy (non-hydrogen) atoms. The lowest BCUT2D eigenvalue weighted by molar-refractivity contribution is -0.151. The summed E-state index contributed by atoms with van der Waals surface area (Å²) in [6.45, 7) is 4.74. The lowest BCUT2D eigenvalue weighted by atomic mass is 10.1. The summed E-state index contributed by atoms with van der Waals surface area (Å²) in [6.07, 6.45) is 4.17. The lowest BCUT2D eigenvalue weighted by Gasteiger charge is -2.28. The number of hydrogen-bond donors (Lipinski definition) is 3. The van der Waals surface area contributed by atoms with Crippen LogP contribution in [0.4, 0.5) is 0 Å². The molecule has 0 saturated carbocycles. The van der Waals surface area contributed by atoms with Gasteiger partial charge in [0, 0.05) is 6.54 Å². The molecule has 4 atom stereocenters. The number of likely N-dealkylation sites (tertiary alicyclic amines) is 1. The van der Waals surface area contributed by atoms with Crippen LogP contribution in [0.3, 0.4) is 0 Å². The average molecular weight is 406 g/mol. The van der Waals surface area contributed by atoms with Gasteiger partial charge in [0.25, 0.3) is 5.91 Å². The van der Waals surface area contributed by atoms with Crippen LogP contribution in [0.25, 0.3) is 0 Å². The van der Waals surface area contributed by atoms with Gasteiger partial charge in [0.05, 0.1) is 6.16 Å². The van der Waals surface area contributed by atoms with Crippen molar-refractivity contribution in [3.8, 4) is 0 Å². The normalized spacial score (nSPS) is 21.6. The zero-order chi connectivity index (χ0) is 20.4. The standard InChI is InChI=1S/C18H35N2O6P/c1-3-4-8-14(2)13-27(24,25)26-16(10-5-6-11-19)17(21)20-12-7-9-15(20)18(22)23/h14-16H,3-13,19H2,1-2H3,(H,22,23)(H,24,25)/t14?,15-,16-/m0/s1. The fourth-order valence-electron chi connectivity index (χ4n) is 3.45. The third-order valence-corrected chi connectivity index (χ3v) is 6.57. The average Bonchev–Trinajstić information content (AvgIpc) is 3.08. The van der Waals surface area contributed by atoms with E-state index in [2.05, 4.69) is 6.92 Å². The summed E-state index contributed by atoms with van der Waals surface area (Å²) in [5.41, 5.74) is 5.50. The highest BCUT2D eigenvalue weighted by molar-refractivity contribution is 7.52. The van der Waals surface area contributed by atoms with Crippen LogP contribution in [-0.4, -0.2) is 58.2 Å². The smallest absolute Gasteiger partial charge is 0.329 e. The van der Waals surface area contributed by atoms with E-state index in [0.717, 1.165) is 19.3 Å². The van der Waals surface area contributed by atoms with Crippen molar-refractivity contribution in [2.24, 2.45) is 11.7 Å². The second kappa shape index (κ2) is 11.8. The van der Waals surface area contributed by atoms with Crippen LogP contribution in [-0.2, 0) is 18.7 Å². The van der Waals surface area contributed by atoms with Gasteiger partial charge in [-0.05, 0) is 44.6 Å². The number of nitrogens with two attached hydrogens (primary N) is 1. The van der Waals surface area contributed by atoms with Gasteiger partial charge in [0.15, 0.2) is 0 Å². The van der Waals surface area contributed by atoms with Crippen molar-refractivity contribution < 1.29 is 28.7 Å². The van der Waals surface area contributed by atoms with Crippen molar-refractivity contribution in [2.75, 3.05) is 19.3 Å². The molecule has 0 radical (unpaired) electrons. The maximum Gasteiger partial charge on any atom is 0.329 e. The van der Waals surface area contributed by atoms with Gasteiger partial charge in [-0.25, -0.2) is 4.79 Å². The minimum Gasteiger partial charge on any atom is -0.480 e. The van der Waals surface area contributed by atoms with E-state index in [1.165, 1.54) is 4.90 Å². The van der Waals surface area contributed by atoms with Gasteiger partial charge >= 0.3 is 13.6 Å². The van der Waals surface area contributed by atoms with E-state index < -0.39 is 31.6 Å². The zero-order valence-electron chi connectivity index (χ0n) is 16.5. The van der Waals surface area contributed by atoms with Crippen LogP contribution in [0.2, 0.25) is 0 Å². The number of carboxylic acids is 1. The predicted molar refractivity (Wildman–Crippen MR) is 104 cm³/mol. The predicted octanol–water partition coefficient (Wildman–Crippen LogP) is 2.59. The largest absolute Gasteiger partial charge is 0.480 e. The monoisotopic (exact) mass is 406 g/mol. The molecule has 8 nitrogen and oxygen atoms in total. The highest BCUT2D eigenvalue weighted by atomic mass is 31.2. The van der Waals surface area contributed by atoms with Gasteiger partial charge in [0.1, 0.15) is 12.1 Å². The third kappa shape index (κ3) is 8.30. The van der Waals surface area contributed by atoms with E-state index >= 15 is 0 Å². The SMILES string of the molecule is CCCCC(C)CP(=O)(O)O[C@@H](CCCCN)C(=O)N1CCC[C@H]1C(=O)O. The van der Waals surface area contributed by atoms with Crippen molar-refractivity contribution in [1.29, 1.82) is 0 Å². The van der Waals surface area contributed by atoms with Crippen LogP contribution in [0.5, 0.6) is 0 Å². The van der Waals surface area contributed by atoms with Crippen LogP contribution < -0.4 is 5.73 Å². The van der Waals surface area contributed by atoms with E-state index in [4.69, 9.17) is 10.3 Å². The quantitative estimate of drug-likeness (QED) is 0.316.